The highest BCUT2D eigenvalue weighted by Crippen LogP contribution is 2.35. The third-order valence-corrected chi connectivity index (χ3v) is 6.32. The number of anilines is 1. The molecule has 1 saturated carbocycles. The van der Waals surface area contributed by atoms with Crippen molar-refractivity contribution in [2.24, 2.45) is 5.92 Å². The average molecular weight is 492 g/mol. The van der Waals surface area contributed by atoms with E-state index in [1.54, 1.807) is 4.90 Å². The molecule has 27 heavy (non-hydrogen) atoms. The zero-order chi connectivity index (χ0) is 19.0. The molecule has 2 aliphatic rings. The Balaban J connectivity index is 1.52. The van der Waals surface area contributed by atoms with Gasteiger partial charge < -0.3 is 9.80 Å². The van der Waals surface area contributed by atoms with Gasteiger partial charge in [0.2, 0.25) is 11.8 Å². The lowest BCUT2D eigenvalue weighted by Crippen LogP contribution is -2.41. The van der Waals surface area contributed by atoms with Gasteiger partial charge >= 0.3 is 0 Å². The second-order valence-electron chi connectivity index (χ2n) is 7.11. The minimum Gasteiger partial charge on any atom is -0.335 e. The quantitative estimate of drug-likeness (QED) is 0.566. The van der Waals surface area contributed by atoms with Crippen molar-refractivity contribution in [2.45, 2.75) is 31.8 Å². The van der Waals surface area contributed by atoms with E-state index in [9.17, 15) is 9.59 Å². The van der Waals surface area contributed by atoms with Gasteiger partial charge in [0, 0.05) is 28.1 Å². The van der Waals surface area contributed by atoms with Crippen LogP contribution >= 0.6 is 31.9 Å². The van der Waals surface area contributed by atoms with Crippen LogP contribution in [0.1, 0.15) is 24.8 Å². The van der Waals surface area contributed by atoms with Crippen LogP contribution in [0.25, 0.3) is 0 Å². The van der Waals surface area contributed by atoms with E-state index in [0.29, 0.717) is 19.5 Å². The van der Waals surface area contributed by atoms with Gasteiger partial charge in [0.15, 0.2) is 0 Å². The van der Waals surface area contributed by atoms with E-state index >= 15 is 0 Å². The lowest BCUT2D eigenvalue weighted by atomic mass is 10.1. The number of carbonyl (C=O) groups excluding carboxylic acids is 2. The second kappa shape index (κ2) is 7.76. The van der Waals surface area contributed by atoms with Crippen molar-refractivity contribution in [1.29, 1.82) is 0 Å². The minimum atomic E-state index is -0.579. The summed E-state index contributed by atoms with van der Waals surface area (Å²) >= 11 is 7.00. The number of hydrogen-bond acceptors (Lipinski definition) is 2. The molecule has 2 aromatic rings. The van der Waals surface area contributed by atoms with Gasteiger partial charge in [-0.1, -0.05) is 40.2 Å². The predicted molar refractivity (Wildman–Crippen MR) is 112 cm³/mol. The number of benzene rings is 2. The van der Waals surface area contributed by atoms with Crippen molar-refractivity contribution >= 4 is 49.4 Å². The van der Waals surface area contributed by atoms with E-state index in [4.69, 9.17) is 0 Å². The molecular weight excluding hydrogens is 472 g/mol. The van der Waals surface area contributed by atoms with Crippen molar-refractivity contribution < 1.29 is 9.59 Å². The monoisotopic (exact) mass is 490 g/mol. The normalized spacial score (nSPS) is 19.4. The molecule has 4 rings (SSSR count). The summed E-state index contributed by atoms with van der Waals surface area (Å²) in [4.78, 5) is 29.9. The van der Waals surface area contributed by atoms with Crippen LogP contribution in [-0.2, 0) is 16.1 Å². The van der Waals surface area contributed by atoms with Crippen molar-refractivity contribution in [1.82, 2.24) is 4.90 Å². The van der Waals surface area contributed by atoms with Gasteiger partial charge in [-0.3, -0.25) is 9.59 Å². The Morgan fingerprint density at radius 2 is 1.85 bits per heavy atom. The molecule has 0 bridgehead atoms. The number of nitrogens with zero attached hydrogens (tertiary/aromatic N) is 2. The lowest BCUT2D eigenvalue weighted by molar-refractivity contribution is -0.140. The second-order valence-corrected chi connectivity index (χ2v) is 8.88. The first-order chi connectivity index (χ1) is 13.0. The van der Waals surface area contributed by atoms with Crippen LogP contribution in [0.2, 0.25) is 0 Å². The number of rotatable bonds is 5. The number of halogens is 2. The Kier molecular flexibility index (Phi) is 5.37. The Morgan fingerprint density at radius 1 is 1.07 bits per heavy atom. The van der Waals surface area contributed by atoms with Gasteiger partial charge in [-0.05, 0) is 65.0 Å². The highest BCUT2D eigenvalue weighted by atomic mass is 79.9. The summed E-state index contributed by atoms with van der Waals surface area (Å²) in [5.74, 6) is -0.700. The van der Waals surface area contributed by atoms with E-state index in [2.05, 4.69) is 31.9 Å². The third-order valence-electron chi connectivity index (χ3n) is 5.16. The van der Waals surface area contributed by atoms with Gasteiger partial charge in [0.25, 0.3) is 0 Å². The summed E-state index contributed by atoms with van der Waals surface area (Å²) in [5.41, 5.74) is 1.92. The SMILES string of the molecule is O=C1C(C(=O)N(Cc2cccc(Br)c2)C2CC2)CCN1c1ccccc1Br. The molecular formula is C21H20Br2N2O2. The van der Waals surface area contributed by atoms with Crippen molar-refractivity contribution in [3.8, 4) is 0 Å². The Morgan fingerprint density at radius 3 is 2.56 bits per heavy atom. The van der Waals surface area contributed by atoms with Gasteiger partial charge in [-0.25, -0.2) is 0 Å². The Bertz CT molecular complexity index is 882. The van der Waals surface area contributed by atoms with Crippen molar-refractivity contribution in [2.75, 3.05) is 11.4 Å². The van der Waals surface area contributed by atoms with Gasteiger partial charge in [0.1, 0.15) is 5.92 Å². The predicted octanol–water partition coefficient (Wildman–Crippen LogP) is 4.76. The van der Waals surface area contributed by atoms with Gasteiger partial charge in [-0.15, -0.1) is 0 Å². The van der Waals surface area contributed by atoms with E-state index in [-0.39, 0.29) is 17.9 Å². The van der Waals surface area contributed by atoms with Crippen molar-refractivity contribution in [3.05, 3.63) is 63.0 Å². The first-order valence-corrected chi connectivity index (χ1v) is 10.7. The fourth-order valence-corrected chi connectivity index (χ4v) is 4.57. The smallest absolute Gasteiger partial charge is 0.239 e. The van der Waals surface area contributed by atoms with Crippen LogP contribution in [-0.4, -0.2) is 29.3 Å². The van der Waals surface area contributed by atoms with E-state index in [1.807, 2.05) is 53.4 Å². The first-order valence-electron chi connectivity index (χ1n) is 9.15. The molecule has 0 aromatic heterocycles. The highest BCUT2D eigenvalue weighted by molar-refractivity contribution is 9.10. The highest BCUT2D eigenvalue weighted by Gasteiger charge is 2.43. The molecule has 6 heteroatoms. The summed E-state index contributed by atoms with van der Waals surface area (Å²) in [7, 11) is 0. The molecule has 2 fully saturated rings. The molecule has 1 aliphatic heterocycles. The van der Waals surface area contributed by atoms with Gasteiger partial charge in [0.05, 0.1) is 5.69 Å². The molecule has 1 unspecified atom stereocenters. The lowest BCUT2D eigenvalue weighted by Gasteiger charge is -2.25. The zero-order valence-corrected chi connectivity index (χ0v) is 17.9. The maximum atomic E-state index is 13.2. The first kappa shape index (κ1) is 18.7. The topological polar surface area (TPSA) is 40.6 Å². The maximum absolute atomic E-state index is 13.2. The van der Waals surface area contributed by atoms with Crippen LogP contribution in [0, 0.1) is 5.92 Å². The Labute approximate surface area is 175 Å². The zero-order valence-electron chi connectivity index (χ0n) is 14.8. The maximum Gasteiger partial charge on any atom is 0.239 e. The largest absolute Gasteiger partial charge is 0.335 e. The fourth-order valence-electron chi connectivity index (χ4n) is 3.62. The van der Waals surface area contributed by atoms with E-state index in [1.165, 1.54) is 0 Å². The minimum absolute atomic E-state index is 0.0305. The molecule has 0 spiro atoms. The van der Waals surface area contributed by atoms with Gasteiger partial charge in [-0.2, -0.15) is 0 Å². The molecule has 1 saturated heterocycles. The molecule has 4 nitrogen and oxygen atoms in total. The molecule has 2 aromatic carbocycles. The summed E-state index contributed by atoms with van der Waals surface area (Å²) in [6.45, 7) is 1.13. The summed E-state index contributed by atoms with van der Waals surface area (Å²) in [6.07, 6.45) is 2.61. The number of para-hydroxylation sites is 1. The molecule has 2 amide bonds. The Hall–Kier alpha value is -1.66. The van der Waals surface area contributed by atoms with Crippen LogP contribution in [0.3, 0.4) is 0 Å². The van der Waals surface area contributed by atoms with E-state index < -0.39 is 5.92 Å². The van der Waals surface area contributed by atoms with Crippen LogP contribution in [0.15, 0.2) is 57.5 Å². The number of amides is 2. The molecule has 0 N–H and O–H groups in total. The van der Waals surface area contributed by atoms with Crippen LogP contribution in [0.4, 0.5) is 5.69 Å². The summed E-state index contributed by atoms with van der Waals surface area (Å²) in [6, 6.07) is 15.9. The number of carbonyl (C=O) groups is 2. The van der Waals surface area contributed by atoms with Crippen LogP contribution in [0.5, 0.6) is 0 Å². The fraction of sp³-hybridized carbons (Fsp3) is 0.333. The summed E-state index contributed by atoms with van der Waals surface area (Å²) in [5, 5.41) is 0. The molecule has 1 heterocycles. The standard InChI is InChI=1S/C21H20Br2N2O2/c22-15-5-3-4-14(12-15)13-25(16-8-9-16)21(27)17-10-11-24(20(17)26)19-7-2-1-6-18(19)23/h1-7,12,16-17H,8-11,13H2. The number of hydrogen-bond donors (Lipinski definition) is 0. The third kappa shape index (κ3) is 3.97. The van der Waals surface area contributed by atoms with Crippen molar-refractivity contribution in [3.63, 3.8) is 0 Å². The molecule has 0 radical (unpaired) electrons. The summed E-state index contributed by atoms with van der Waals surface area (Å²) < 4.78 is 1.87. The van der Waals surface area contributed by atoms with Crippen LogP contribution < -0.4 is 4.90 Å². The molecule has 140 valence electrons. The van der Waals surface area contributed by atoms with E-state index in [0.717, 1.165) is 33.0 Å². The average Bonchev–Trinajstić information content (AvgIpc) is 3.42. The molecule has 1 aliphatic carbocycles. The molecule has 1 atom stereocenters.